The normalized spacial score (nSPS) is 10.9. The zero-order chi connectivity index (χ0) is 18.3. The molecular formula is C17H15ClN4O3. The second kappa shape index (κ2) is 6.18. The lowest BCUT2D eigenvalue weighted by molar-refractivity contribution is 0.102. The minimum absolute atomic E-state index is 0.102. The van der Waals surface area contributed by atoms with Crippen LogP contribution in [0.1, 0.15) is 16.1 Å². The Kier molecular flexibility index (Phi) is 4.18. The van der Waals surface area contributed by atoms with Crippen molar-refractivity contribution >= 4 is 34.2 Å². The first-order valence-electron chi connectivity index (χ1n) is 7.44. The topological polar surface area (TPSA) is 86.0 Å². The lowest BCUT2D eigenvalue weighted by Gasteiger charge is -2.10. The van der Waals surface area contributed by atoms with Gasteiger partial charge in [0.05, 0.1) is 5.39 Å². The number of benzene rings is 1. The van der Waals surface area contributed by atoms with Gasteiger partial charge in [0.1, 0.15) is 11.3 Å². The number of hydrogen-bond donors (Lipinski definition) is 1. The van der Waals surface area contributed by atoms with Gasteiger partial charge in [-0.2, -0.15) is 0 Å². The highest BCUT2D eigenvalue weighted by Gasteiger charge is 2.14. The van der Waals surface area contributed by atoms with Gasteiger partial charge in [-0.25, -0.2) is 9.78 Å². The molecule has 0 aliphatic rings. The third-order valence-electron chi connectivity index (χ3n) is 3.97. The summed E-state index contributed by atoms with van der Waals surface area (Å²) in [6, 6.07) is 8.05. The quantitative estimate of drug-likeness (QED) is 0.757. The maximum Gasteiger partial charge on any atom is 0.332 e. The molecule has 2 heterocycles. The minimum atomic E-state index is -0.504. The number of halogens is 1. The largest absolute Gasteiger partial charge is 0.332 e. The summed E-state index contributed by atoms with van der Waals surface area (Å²) in [5, 5.41) is 3.59. The average Bonchev–Trinajstić information content (AvgIpc) is 2.60. The molecule has 8 heteroatoms. The summed E-state index contributed by atoms with van der Waals surface area (Å²) in [7, 11) is 2.90. The van der Waals surface area contributed by atoms with E-state index in [0.29, 0.717) is 10.7 Å². The molecule has 0 aliphatic heterocycles. The molecule has 1 N–H and O–H groups in total. The molecular weight excluding hydrogens is 344 g/mol. The van der Waals surface area contributed by atoms with Gasteiger partial charge >= 0.3 is 5.69 Å². The highest BCUT2D eigenvalue weighted by Crippen LogP contribution is 2.20. The Balaban J connectivity index is 2.06. The van der Waals surface area contributed by atoms with Crippen molar-refractivity contribution in [3.05, 3.63) is 67.4 Å². The smallest absolute Gasteiger partial charge is 0.320 e. The van der Waals surface area contributed by atoms with Gasteiger partial charge in [-0.15, -0.1) is 0 Å². The molecule has 0 saturated carbocycles. The molecule has 0 fully saturated rings. The predicted molar refractivity (Wildman–Crippen MR) is 96.4 cm³/mol. The molecule has 128 valence electrons. The van der Waals surface area contributed by atoms with Gasteiger partial charge in [0.2, 0.25) is 0 Å². The molecule has 0 spiro atoms. The molecule has 3 rings (SSSR count). The Morgan fingerprint density at radius 1 is 1.12 bits per heavy atom. The number of aryl methyl sites for hydroxylation is 2. The highest BCUT2D eigenvalue weighted by molar-refractivity contribution is 6.30. The van der Waals surface area contributed by atoms with Crippen LogP contribution in [0.5, 0.6) is 0 Å². The third-order valence-corrected chi connectivity index (χ3v) is 4.21. The molecule has 2 aromatic heterocycles. The van der Waals surface area contributed by atoms with Crippen molar-refractivity contribution in [2.45, 2.75) is 6.92 Å². The molecule has 0 atom stereocenters. The van der Waals surface area contributed by atoms with Crippen LogP contribution >= 0.6 is 11.6 Å². The standard InChI is InChI=1S/C17H15ClN4O3/c1-9-8-10(18)4-6-12(9)20-15(23)13-7-5-11-14(19-13)21(2)17(25)22(3)16(11)24/h4-8H,1-3H3,(H,20,23). The number of carbonyl (C=O) groups excluding carboxylic acids is 1. The number of amides is 1. The van der Waals surface area contributed by atoms with Crippen molar-refractivity contribution in [1.29, 1.82) is 0 Å². The molecule has 0 aliphatic carbocycles. The van der Waals surface area contributed by atoms with E-state index in [2.05, 4.69) is 10.3 Å². The van der Waals surface area contributed by atoms with Gasteiger partial charge in [-0.3, -0.25) is 18.7 Å². The summed E-state index contributed by atoms with van der Waals surface area (Å²) >= 11 is 5.91. The summed E-state index contributed by atoms with van der Waals surface area (Å²) < 4.78 is 2.24. The van der Waals surface area contributed by atoms with Gasteiger partial charge in [0, 0.05) is 24.8 Å². The highest BCUT2D eigenvalue weighted by atomic mass is 35.5. The summed E-state index contributed by atoms with van der Waals surface area (Å²) in [6.07, 6.45) is 0. The van der Waals surface area contributed by atoms with E-state index in [-0.39, 0.29) is 16.7 Å². The Hall–Kier alpha value is -2.93. The second-order valence-corrected chi connectivity index (χ2v) is 6.12. The van der Waals surface area contributed by atoms with Gasteiger partial charge in [0.15, 0.2) is 0 Å². The van der Waals surface area contributed by atoms with Crippen molar-refractivity contribution in [3.8, 4) is 0 Å². The van der Waals surface area contributed by atoms with E-state index in [0.717, 1.165) is 10.1 Å². The van der Waals surface area contributed by atoms with Crippen molar-refractivity contribution in [3.63, 3.8) is 0 Å². The van der Waals surface area contributed by atoms with Gasteiger partial charge < -0.3 is 5.32 Å². The van der Waals surface area contributed by atoms with E-state index in [1.54, 1.807) is 18.2 Å². The van der Waals surface area contributed by atoms with Gasteiger partial charge in [-0.05, 0) is 42.8 Å². The van der Waals surface area contributed by atoms with Crippen LogP contribution in [0.4, 0.5) is 5.69 Å². The average molecular weight is 359 g/mol. The Bertz CT molecular complexity index is 1130. The van der Waals surface area contributed by atoms with Crippen molar-refractivity contribution < 1.29 is 4.79 Å². The number of aromatic nitrogens is 3. The zero-order valence-corrected chi connectivity index (χ0v) is 14.6. The summed E-state index contributed by atoms with van der Waals surface area (Å²) in [5.41, 5.74) is 0.720. The zero-order valence-electron chi connectivity index (χ0n) is 13.8. The molecule has 1 amide bonds. The van der Waals surface area contributed by atoms with E-state index in [1.165, 1.54) is 30.8 Å². The van der Waals surface area contributed by atoms with Gasteiger partial charge in [-0.1, -0.05) is 11.6 Å². The number of nitrogens with one attached hydrogen (secondary N) is 1. The van der Waals surface area contributed by atoms with Crippen molar-refractivity contribution in [2.24, 2.45) is 14.1 Å². The fourth-order valence-electron chi connectivity index (χ4n) is 2.53. The Morgan fingerprint density at radius 2 is 1.84 bits per heavy atom. The van der Waals surface area contributed by atoms with Crippen LogP contribution in [0.25, 0.3) is 11.0 Å². The lowest BCUT2D eigenvalue weighted by atomic mass is 10.2. The maximum atomic E-state index is 12.5. The van der Waals surface area contributed by atoms with E-state index >= 15 is 0 Å². The van der Waals surface area contributed by atoms with Gasteiger partial charge in [0.25, 0.3) is 11.5 Å². The molecule has 0 unspecified atom stereocenters. The fraction of sp³-hybridized carbons (Fsp3) is 0.176. The lowest BCUT2D eigenvalue weighted by Crippen LogP contribution is -2.37. The number of carbonyl (C=O) groups is 1. The van der Waals surface area contributed by atoms with Crippen LogP contribution in [-0.4, -0.2) is 20.0 Å². The predicted octanol–water partition coefficient (Wildman–Crippen LogP) is 1.85. The van der Waals surface area contributed by atoms with Crippen LogP contribution in [0.15, 0.2) is 39.9 Å². The fourth-order valence-corrected chi connectivity index (χ4v) is 2.76. The van der Waals surface area contributed by atoms with Crippen LogP contribution in [0.2, 0.25) is 5.02 Å². The van der Waals surface area contributed by atoms with Crippen LogP contribution in [-0.2, 0) is 14.1 Å². The molecule has 1 aromatic carbocycles. The van der Waals surface area contributed by atoms with E-state index < -0.39 is 17.2 Å². The third kappa shape index (κ3) is 2.94. The molecule has 0 bridgehead atoms. The summed E-state index contributed by atoms with van der Waals surface area (Å²) in [6.45, 7) is 1.82. The van der Waals surface area contributed by atoms with E-state index in [9.17, 15) is 14.4 Å². The van der Waals surface area contributed by atoms with Crippen LogP contribution in [0.3, 0.4) is 0 Å². The number of rotatable bonds is 2. The Labute approximate surface area is 147 Å². The van der Waals surface area contributed by atoms with E-state index in [4.69, 9.17) is 11.6 Å². The van der Waals surface area contributed by atoms with Crippen molar-refractivity contribution in [1.82, 2.24) is 14.1 Å². The minimum Gasteiger partial charge on any atom is -0.320 e. The van der Waals surface area contributed by atoms with E-state index in [1.807, 2.05) is 6.92 Å². The number of nitrogens with zero attached hydrogens (tertiary/aromatic N) is 3. The number of pyridine rings is 1. The van der Waals surface area contributed by atoms with Crippen LogP contribution in [0, 0.1) is 6.92 Å². The maximum absolute atomic E-state index is 12.5. The molecule has 25 heavy (non-hydrogen) atoms. The summed E-state index contributed by atoms with van der Waals surface area (Å²) in [4.78, 5) is 40.8. The number of fused-ring (bicyclic) bond motifs is 1. The SMILES string of the molecule is Cc1cc(Cl)ccc1NC(=O)c1ccc2c(=O)n(C)c(=O)n(C)c2n1. The molecule has 0 saturated heterocycles. The van der Waals surface area contributed by atoms with Crippen molar-refractivity contribution in [2.75, 3.05) is 5.32 Å². The number of anilines is 1. The molecule has 0 radical (unpaired) electrons. The monoisotopic (exact) mass is 358 g/mol. The van der Waals surface area contributed by atoms with Crippen LogP contribution < -0.4 is 16.6 Å². The first kappa shape index (κ1) is 16.9. The first-order chi connectivity index (χ1) is 11.8. The first-order valence-corrected chi connectivity index (χ1v) is 7.81. The summed E-state index contributed by atoms with van der Waals surface area (Å²) in [5.74, 6) is -0.444. The Morgan fingerprint density at radius 3 is 2.52 bits per heavy atom. The number of hydrogen-bond acceptors (Lipinski definition) is 4. The second-order valence-electron chi connectivity index (χ2n) is 5.69. The molecule has 7 nitrogen and oxygen atoms in total. The molecule has 3 aromatic rings.